The van der Waals surface area contributed by atoms with Gasteiger partial charge in [0.15, 0.2) is 0 Å². The summed E-state index contributed by atoms with van der Waals surface area (Å²) in [6, 6.07) is 3.02. The van der Waals surface area contributed by atoms with Crippen LogP contribution >= 0.6 is 0 Å². The number of methoxy groups -OCH3 is 1. The van der Waals surface area contributed by atoms with E-state index >= 15 is 0 Å². The summed E-state index contributed by atoms with van der Waals surface area (Å²) in [4.78, 5) is 22.6. The molecule has 0 bridgehead atoms. The number of nitrogens with zero attached hydrogens (tertiary/aromatic N) is 1. The monoisotopic (exact) mass is 281 g/mol. The van der Waals surface area contributed by atoms with Crippen LogP contribution in [0, 0.1) is 10.1 Å². The number of nitro benzene ring substituents is 1. The molecule has 0 fully saturated rings. The van der Waals surface area contributed by atoms with E-state index in [4.69, 9.17) is 9.47 Å². The lowest BCUT2D eigenvalue weighted by Gasteiger charge is -2.20. The SMILES string of the molecule is CCOC(=O)c1cc(C(C)(C)C)cc([N+](=O)[O-])c1OC. The van der Waals surface area contributed by atoms with Crippen molar-refractivity contribution in [2.75, 3.05) is 13.7 Å². The highest BCUT2D eigenvalue weighted by Gasteiger charge is 2.28. The Morgan fingerprint density at radius 3 is 2.35 bits per heavy atom. The number of rotatable bonds is 4. The molecule has 0 heterocycles. The van der Waals surface area contributed by atoms with Gasteiger partial charge in [0.05, 0.1) is 18.6 Å². The van der Waals surface area contributed by atoms with Crippen LogP contribution < -0.4 is 4.74 Å². The Morgan fingerprint density at radius 1 is 1.35 bits per heavy atom. The van der Waals surface area contributed by atoms with Crippen LogP contribution in [-0.2, 0) is 10.2 Å². The highest BCUT2D eigenvalue weighted by atomic mass is 16.6. The Morgan fingerprint density at radius 2 is 1.95 bits per heavy atom. The minimum absolute atomic E-state index is 0.0681. The maximum atomic E-state index is 12.0. The van der Waals surface area contributed by atoms with Gasteiger partial charge in [-0.2, -0.15) is 0 Å². The zero-order valence-corrected chi connectivity index (χ0v) is 12.4. The molecule has 0 amide bonds. The molecule has 1 aromatic carbocycles. The lowest BCUT2D eigenvalue weighted by atomic mass is 9.85. The van der Waals surface area contributed by atoms with E-state index in [9.17, 15) is 14.9 Å². The third-order valence-corrected chi connectivity index (χ3v) is 2.83. The van der Waals surface area contributed by atoms with Crippen molar-refractivity contribution in [3.63, 3.8) is 0 Å². The molecule has 0 atom stereocenters. The van der Waals surface area contributed by atoms with Crippen molar-refractivity contribution in [2.24, 2.45) is 0 Å². The summed E-state index contributed by atoms with van der Waals surface area (Å²) >= 11 is 0. The minimum atomic E-state index is -0.626. The summed E-state index contributed by atoms with van der Waals surface area (Å²) in [5.74, 6) is -0.694. The predicted molar refractivity (Wildman–Crippen MR) is 74.3 cm³/mol. The van der Waals surface area contributed by atoms with Gasteiger partial charge in [0.1, 0.15) is 5.56 Å². The quantitative estimate of drug-likeness (QED) is 0.481. The van der Waals surface area contributed by atoms with Gasteiger partial charge in [-0.1, -0.05) is 20.8 Å². The van der Waals surface area contributed by atoms with E-state index in [1.54, 1.807) is 13.0 Å². The standard InChI is InChI=1S/C14H19NO5/c1-6-20-13(16)10-7-9(14(2,3)4)8-11(15(17)18)12(10)19-5/h7-8H,6H2,1-5H3. The number of ether oxygens (including phenoxy) is 2. The molecule has 0 spiro atoms. The zero-order chi connectivity index (χ0) is 15.5. The number of nitro groups is 1. The molecule has 0 saturated heterocycles. The van der Waals surface area contributed by atoms with Crippen molar-refractivity contribution in [1.82, 2.24) is 0 Å². The molecular weight excluding hydrogens is 262 g/mol. The molecular formula is C14H19NO5. The summed E-state index contributed by atoms with van der Waals surface area (Å²) < 4.78 is 9.96. The number of hydrogen-bond donors (Lipinski definition) is 0. The van der Waals surface area contributed by atoms with Gasteiger partial charge in [-0.3, -0.25) is 10.1 Å². The Labute approximate surface area is 117 Å². The van der Waals surface area contributed by atoms with Crippen molar-refractivity contribution >= 4 is 11.7 Å². The van der Waals surface area contributed by atoms with Crippen LogP contribution in [0.3, 0.4) is 0 Å². The number of carbonyl (C=O) groups is 1. The van der Waals surface area contributed by atoms with Gasteiger partial charge in [0, 0.05) is 6.07 Å². The number of carbonyl (C=O) groups excluding carboxylic acids is 1. The largest absolute Gasteiger partial charge is 0.490 e. The molecule has 0 aromatic heterocycles. The maximum Gasteiger partial charge on any atom is 0.342 e. The van der Waals surface area contributed by atoms with Crippen LogP contribution in [0.2, 0.25) is 0 Å². The van der Waals surface area contributed by atoms with Crippen LogP contribution in [0.1, 0.15) is 43.6 Å². The van der Waals surface area contributed by atoms with E-state index in [0.29, 0.717) is 5.56 Å². The molecule has 6 heteroatoms. The average molecular weight is 281 g/mol. The summed E-state index contributed by atoms with van der Waals surface area (Å²) in [6.45, 7) is 7.59. The lowest BCUT2D eigenvalue weighted by molar-refractivity contribution is -0.385. The first kappa shape index (κ1) is 15.9. The maximum absolute atomic E-state index is 12.0. The van der Waals surface area contributed by atoms with E-state index in [-0.39, 0.29) is 29.0 Å². The molecule has 0 radical (unpaired) electrons. The van der Waals surface area contributed by atoms with Gasteiger partial charge in [-0.05, 0) is 24.0 Å². The lowest BCUT2D eigenvalue weighted by Crippen LogP contribution is -2.15. The highest BCUT2D eigenvalue weighted by Crippen LogP contribution is 2.36. The smallest absolute Gasteiger partial charge is 0.342 e. The summed E-state index contributed by atoms with van der Waals surface area (Å²) in [5.41, 5.74) is 0.183. The third kappa shape index (κ3) is 3.26. The molecule has 6 nitrogen and oxygen atoms in total. The first-order valence-corrected chi connectivity index (χ1v) is 6.26. The Kier molecular flexibility index (Phi) is 4.70. The Hall–Kier alpha value is -2.11. The van der Waals surface area contributed by atoms with Crippen LogP contribution in [0.25, 0.3) is 0 Å². The number of esters is 1. The van der Waals surface area contributed by atoms with E-state index in [1.165, 1.54) is 13.2 Å². The second-order valence-corrected chi connectivity index (χ2v) is 5.30. The zero-order valence-electron chi connectivity index (χ0n) is 12.4. The van der Waals surface area contributed by atoms with Gasteiger partial charge in [-0.15, -0.1) is 0 Å². The Balaban J connectivity index is 3.57. The second kappa shape index (κ2) is 5.90. The van der Waals surface area contributed by atoms with E-state index < -0.39 is 10.9 Å². The fraction of sp³-hybridized carbons (Fsp3) is 0.500. The van der Waals surface area contributed by atoms with E-state index in [0.717, 1.165) is 0 Å². The van der Waals surface area contributed by atoms with Crippen LogP contribution in [0.15, 0.2) is 12.1 Å². The van der Waals surface area contributed by atoms with Crippen LogP contribution in [0.4, 0.5) is 5.69 Å². The summed E-state index contributed by atoms with van der Waals surface area (Å²) in [7, 11) is 1.29. The normalized spacial score (nSPS) is 11.1. The van der Waals surface area contributed by atoms with Gasteiger partial charge >= 0.3 is 11.7 Å². The van der Waals surface area contributed by atoms with Crippen molar-refractivity contribution < 1.29 is 19.2 Å². The molecule has 110 valence electrons. The van der Waals surface area contributed by atoms with Crippen molar-refractivity contribution in [3.05, 3.63) is 33.4 Å². The molecule has 0 aliphatic heterocycles. The van der Waals surface area contributed by atoms with Gasteiger partial charge in [0.2, 0.25) is 5.75 Å². The highest BCUT2D eigenvalue weighted by molar-refractivity contribution is 5.94. The second-order valence-electron chi connectivity index (χ2n) is 5.30. The fourth-order valence-corrected chi connectivity index (χ4v) is 1.76. The van der Waals surface area contributed by atoms with Crippen molar-refractivity contribution in [1.29, 1.82) is 0 Å². The predicted octanol–water partition coefficient (Wildman–Crippen LogP) is 3.08. The van der Waals surface area contributed by atoms with Gasteiger partial charge in [0.25, 0.3) is 0 Å². The average Bonchev–Trinajstić information content (AvgIpc) is 2.36. The fourth-order valence-electron chi connectivity index (χ4n) is 1.76. The molecule has 0 aliphatic carbocycles. The topological polar surface area (TPSA) is 78.7 Å². The van der Waals surface area contributed by atoms with Crippen molar-refractivity contribution in [2.45, 2.75) is 33.1 Å². The summed E-state index contributed by atoms with van der Waals surface area (Å²) in [5, 5.41) is 11.2. The first-order chi connectivity index (χ1) is 9.22. The van der Waals surface area contributed by atoms with E-state index in [1.807, 2.05) is 20.8 Å². The van der Waals surface area contributed by atoms with Crippen LogP contribution in [0.5, 0.6) is 5.75 Å². The van der Waals surface area contributed by atoms with Crippen molar-refractivity contribution in [3.8, 4) is 5.75 Å². The molecule has 0 N–H and O–H groups in total. The van der Waals surface area contributed by atoms with E-state index in [2.05, 4.69) is 0 Å². The van der Waals surface area contributed by atoms with Crippen LogP contribution in [-0.4, -0.2) is 24.6 Å². The van der Waals surface area contributed by atoms with Gasteiger partial charge in [-0.25, -0.2) is 4.79 Å². The number of hydrogen-bond acceptors (Lipinski definition) is 5. The third-order valence-electron chi connectivity index (χ3n) is 2.83. The summed E-state index contributed by atoms with van der Waals surface area (Å²) in [6.07, 6.45) is 0. The molecule has 20 heavy (non-hydrogen) atoms. The molecule has 0 unspecified atom stereocenters. The number of benzene rings is 1. The Bertz CT molecular complexity index is 531. The molecule has 0 aliphatic rings. The first-order valence-electron chi connectivity index (χ1n) is 6.26. The minimum Gasteiger partial charge on any atom is -0.490 e. The molecule has 1 rings (SSSR count). The molecule has 0 saturated carbocycles. The molecule has 1 aromatic rings. The van der Waals surface area contributed by atoms with Gasteiger partial charge < -0.3 is 9.47 Å².